The molecule has 2 N–H and O–H groups in total. The number of benzene rings is 3. The average molecular weight is 689 g/mol. The summed E-state index contributed by atoms with van der Waals surface area (Å²) >= 11 is 0. The van der Waals surface area contributed by atoms with Crippen LogP contribution >= 0.6 is 0 Å². The first-order valence-corrected chi connectivity index (χ1v) is 14.9. The van der Waals surface area contributed by atoms with Crippen molar-refractivity contribution >= 4 is 17.7 Å². The third-order valence-corrected chi connectivity index (χ3v) is 6.97. The number of anilines is 1. The number of carboxylic acids is 1. The molecule has 0 aromatic heterocycles. The van der Waals surface area contributed by atoms with Crippen LogP contribution in [0, 0.1) is 0 Å². The highest BCUT2D eigenvalue weighted by atomic mass is 19.4. The van der Waals surface area contributed by atoms with Crippen molar-refractivity contribution in [2.75, 3.05) is 31.6 Å². The topological polar surface area (TPSA) is 97.3 Å². The summed E-state index contributed by atoms with van der Waals surface area (Å²) in [5.41, 5.74) is 1.00. The molecule has 262 valence electrons. The van der Waals surface area contributed by atoms with Gasteiger partial charge in [-0.2, -0.15) is 30.7 Å². The summed E-state index contributed by atoms with van der Waals surface area (Å²) in [4.78, 5) is 25.6. The Morgan fingerprint density at radius 2 is 1.42 bits per heavy atom. The van der Waals surface area contributed by atoms with Crippen LogP contribution in [0.4, 0.5) is 41.2 Å². The highest BCUT2D eigenvalue weighted by Crippen LogP contribution is 2.48. The molecular weight excluding hydrogens is 653 g/mol. The average Bonchev–Trinajstić information content (AvgIpc) is 3.03. The number of para-hydroxylation sites is 1. The number of hydrogen-bond acceptors (Lipinski definition) is 5. The van der Waals surface area contributed by atoms with E-state index in [-0.39, 0.29) is 39.1 Å². The Bertz CT molecular complexity index is 1440. The molecule has 3 aromatic carbocycles. The number of hydrogen-bond donors (Lipinski definition) is 2. The smallest absolute Gasteiger partial charge is 0.459 e. The highest BCUT2D eigenvalue weighted by Gasteiger charge is 2.72. The zero-order chi connectivity index (χ0) is 35.4. The number of amides is 2. The lowest BCUT2D eigenvalue weighted by atomic mass is 10.0. The van der Waals surface area contributed by atoms with Gasteiger partial charge in [0.25, 0.3) is 0 Å². The Balaban J connectivity index is 1.62. The quantitative estimate of drug-likeness (QED) is 0.103. The summed E-state index contributed by atoms with van der Waals surface area (Å²) in [7, 11) is 0. The maximum atomic E-state index is 13.8. The van der Waals surface area contributed by atoms with Crippen molar-refractivity contribution in [1.29, 1.82) is 0 Å². The molecule has 2 amide bonds. The van der Waals surface area contributed by atoms with Gasteiger partial charge in [-0.3, -0.25) is 0 Å². The molecule has 0 radical (unpaired) electrons. The molecule has 0 aliphatic rings. The van der Waals surface area contributed by atoms with Crippen LogP contribution < -0.4 is 14.8 Å². The molecule has 0 bridgehead atoms. The lowest BCUT2D eigenvalue weighted by Gasteiger charge is -2.28. The van der Waals surface area contributed by atoms with Crippen LogP contribution in [-0.4, -0.2) is 72.4 Å². The Morgan fingerprint density at radius 1 is 0.812 bits per heavy atom. The van der Waals surface area contributed by atoms with Gasteiger partial charge in [0.1, 0.15) is 23.9 Å². The maximum absolute atomic E-state index is 13.8. The molecule has 1 atom stereocenters. The number of nitrogens with one attached hydrogen (secondary N) is 1. The van der Waals surface area contributed by atoms with Gasteiger partial charge >= 0.3 is 30.0 Å². The van der Waals surface area contributed by atoms with Gasteiger partial charge in [0.2, 0.25) is 0 Å². The molecule has 0 aliphatic heterocycles. The van der Waals surface area contributed by atoms with Crippen molar-refractivity contribution in [2.45, 2.75) is 56.7 Å². The molecule has 0 saturated carbocycles. The van der Waals surface area contributed by atoms with E-state index in [1.54, 1.807) is 79.7 Å². The number of urea groups is 1. The van der Waals surface area contributed by atoms with Crippen LogP contribution in [0.2, 0.25) is 0 Å². The molecule has 15 heteroatoms. The van der Waals surface area contributed by atoms with Gasteiger partial charge in [-0.25, -0.2) is 9.59 Å². The van der Waals surface area contributed by atoms with Crippen LogP contribution in [-0.2, 0) is 16.0 Å². The zero-order valence-corrected chi connectivity index (χ0v) is 25.8. The van der Waals surface area contributed by atoms with Gasteiger partial charge in [-0.05, 0) is 73.9 Å². The van der Waals surface area contributed by atoms with Crippen LogP contribution in [0.3, 0.4) is 0 Å². The normalized spacial score (nSPS) is 12.7. The van der Waals surface area contributed by atoms with E-state index in [1.807, 2.05) is 6.07 Å². The molecule has 3 aromatic rings. The van der Waals surface area contributed by atoms with E-state index >= 15 is 0 Å². The van der Waals surface area contributed by atoms with Crippen molar-refractivity contribution in [3.63, 3.8) is 0 Å². The van der Waals surface area contributed by atoms with Crippen LogP contribution in [0.15, 0.2) is 78.9 Å². The first-order chi connectivity index (χ1) is 22.6. The number of carboxylic acid groups (broad SMARTS) is 1. The van der Waals surface area contributed by atoms with Gasteiger partial charge in [0.05, 0.1) is 6.54 Å². The maximum Gasteiger partial charge on any atom is 0.459 e. The second-order valence-corrected chi connectivity index (χ2v) is 10.6. The summed E-state index contributed by atoms with van der Waals surface area (Å²) < 4.78 is 108. The molecule has 8 nitrogen and oxygen atoms in total. The number of ether oxygens (including phenoxy) is 3. The Labute approximate surface area is 272 Å². The fourth-order valence-electron chi connectivity index (χ4n) is 4.39. The number of aliphatic carboxylic acids is 1. The first kappa shape index (κ1) is 37.9. The van der Waals surface area contributed by atoms with Crippen molar-refractivity contribution in [3.05, 3.63) is 84.4 Å². The second kappa shape index (κ2) is 17.0. The third kappa shape index (κ3) is 11.0. The number of rotatable bonds is 18. The van der Waals surface area contributed by atoms with Crippen molar-refractivity contribution in [2.24, 2.45) is 0 Å². The van der Waals surface area contributed by atoms with Gasteiger partial charge in [0.15, 0.2) is 6.10 Å². The lowest BCUT2D eigenvalue weighted by molar-refractivity contribution is -0.355. The highest BCUT2D eigenvalue weighted by molar-refractivity contribution is 5.89. The van der Waals surface area contributed by atoms with E-state index in [0.717, 1.165) is 4.90 Å². The summed E-state index contributed by atoms with van der Waals surface area (Å²) in [5, 5.41) is 11.9. The number of carbonyl (C=O) groups is 2. The molecule has 0 fully saturated rings. The minimum absolute atomic E-state index is 0.102. The summed E-state index contributed by atoms with van der Waals surface area (Å²) in [5.74, 6) is -11.2. The number of halogens is 7. The summed E-state index contributed by atoms with van der Waals surface area (Å²) in [6, 6.07) is 20.9. The first-order valence-electron chi connectivity index (χ1n) is 14.9. The SMILES string of the molecule is CCOC(Cc1ccc(OCCN(CCCCC(F)(F)C(F)(F)C(F)(F)F)C(=O)Nc2ccc(Oc3ccccc3)cc2)cc1)C(=O)O. The molecule has 0 saturated heterocycles. The molecule has 0 heterocycles. The fourth-order valence-corrected chi connectivity index (χ4v) is 4.39. The van der Waals surface area contributed by atoms with E-state index in [2.05, 4.69) is 5.32 Å². The van der Waals surface area contributed by atoms with Crippen LogP contribution in [0.25, 0.3) is 0 Å². The van der Waals surface area contributed by atoms with E-state index < -0.39 is 49.0 Å². The third-order valence-electron chi connectivity index (χ3n) is 6.97. The lowest BCUT2D eigenvalue weighted by Crippen LogP contribution is -2.51. The van der Waals surface area contributed by atoms with E-state index in [4.69, 9.17) is 14.2 Å². The predicted molar refractivity (Wildman–Crippen MR) is 162 cm³/mol. The largest absolute Gasteiger partial charge is 0.492 e. The second-order valence-electron chi connectivity index (χ2n) is 10.6. The molecule has 1 unspecified atom stereocenters. The van der Waals surface area contributed by atoms with Crippen molar-refractivity contribution < 1.29 is 59.6 Å². The minimum Gasteiger partial charge on any atom is -0.492 e. The minimum atomic E-state index is -6.42. The Morgan fingerprint density at radius 3 is 2.00 bits per heavy atom. The van der Waals surface area contributed by atoms with Crippen molar-refractivity contribution in [3.8, 4) is 17.2 Å². The van der Waals surface area contributed by atoms with Crippen LogP contribution in [0.1, 0.15) is 31.7 Å². The Kier molecular flexibility index (Phi) is 13.5. The standard InChI is InChI=1S/C33H35F7N2O6/c1-2-46-28(29(43)44)22-23-10-14-25(15-11-23)47-21-20-42(19-7-6-18-31(34,35)32(36,37)33(38,39)40)30(45)41-24-12-16-27(17-13-24)48-26-8-4-3-5-9-26/h3-5,8-17,28H,2,6-7,18-22H2,1H3,(H,41,45)(H,43,44). The molecule has 0 spiro atoms. The Hall–Kier alpha value is -4.53. The van der Waals surface area contributed by atoms with Crippen molar-refractivity contribution in [1.82, 2.24) is 4.90 Å². The van der Waals surface area contributed by atoms with Gasteiger partial charge in [0, 0.05) is 31.7 Å². The molecule has 0 aliphatic carbocycles. The number of alkyl halides is 7. The van der Waals surface area contributed by atoms with E-state index in [1.165, 1.54) is 0 Å². The number of carbonyl (C=O) groups excluding carboxylic acids is 1. The zero-order valence-electron chi connectivity index (χ0n) is 25.8. The fraction of sp³-hybridized carbons (Fsp3) is 0.394. The number of nitrogens with zero attached hydrogens (tertiary/aromatic N) is 1. The van der Waals surface area contributed by atoms with E-state index in [9.17, 15) is 45.4 Å². The van der Waals surface area contributed by atoms with Gasteiger partial charge in [-0.1, -0.05) is 30.3 Å². The summed E-state index contributed by atoms with van der Waals surface area (Å²) in [6.45, 7) is 1.43. The monoisotopic (exact) mass is 688 g/mol. The van der Waals surface area contributed by atoms with Crippen LogP contribution in [0.5, 0.6) is 17.2 Å². The molecule has 3 rings (SSSR count). The van der Waals surface area contributed by atoms with Gasteiger partial charge in [-0.15, -0.1) is 0 Å². The van der Waals surface area contributed by atoms with E-state index in [0.29, 0.717) is 28.5 Å². The predicted octanol–water partition coefficient (Wildman–Crippen LogP) is 8.43. The van der Waals surface area contributed by atoms with Gasteiger partial charge < -0.3 is 29.5 Å². The molecule has 48 heavy (non-hydrogen) atoms. The number of unbranched alkanes of at least 4 members (excludes halogenated alkanes) is 1. The summed E-state index contributed by atoms with van der Waals surface area (Å²) in [6.07, 6.45) is -10.1. The molecular formula is C33H35F7N2O6.